The number of phenols is 1. The quantitative estimate of drug-likeness (QED) is 0.800. The minimum Gasteiger partial charge on any atom is -0.508 e. The van der Waals surface area contributed by atoms with E-state index in [0.29, 0.717) is 12.2 Å². The molecule has 0 aliphatic rings. The summed E-state index contributed by atoms with van der Waals surface area (Å²) in [6.45, 7) is 4.81. The summed E-state index contributed by atoms with van der Waals surface area (Å²) in [4.78, 5) is 24.6. The molecule has 1 aromatic rings. The second-order valence-corrected chi connectivity index (χ2v) is 4.50. The first-order chi connectivity index (χ1) is 8.30. The van der Waals surface area contributed by atoms with Crippen LogP contribution in [0.25, 0.3) is 0 Å². The fourth-order valence-electron chi connectivity index (χ4n) is 1.53. The molecule has 0 bridgehead atoms. The lowest BCUT2D eigenvalue weighted by Gasteiger charge is -2.28. The Balaban J connectivity index is 3.12. The average Bonchev–Trinajstić information content (AvgIpc) is 2.29. The number of carboxylic acid groups (broad SMARTS) is 1. The van der Waals surface area contributed by atoms with E-state index in [1.165, 1.54) is 30.9 Å². The number of anilines is 1. The summed E-state index contributed by atoms with van der Waals surface area (Å²) in [6, 6.07) is 6.18. The van der Waals surface area contributed by atoms with Crippen LogP contribution in [0, 0.1) is 5.41 Å². The van der Waals surface area contributed by atoms with E-state index in [2.05, 4.69) is 0 Å². The molecule has 18 heavy (non-hydrogen) atoms. The molecule has 5 heteroatoms. The van der Waals surface area contributed by atoms with Crippen molar-refractivity contribution in [3.63, 3.8) is 0 Å². The number of aliphatic carboxylic acids is 1. The molecule has 1 aromatic carbocycles. The van der Waals surface area contributed by atoms with Gasteiger partial charge in [0.2, 0.25) is 5.91 Å². The van der Waals surface area contributed by atoms with Gasteiger partial charge in [-0.25, -0.2) is 0 Å². The Morgan fingerprint density at radius 3 is 2.39 bits per heavy atom. The molecular formula is C13H17NO4. The molecule has 5 nitrogen and oxygen atoms in total. The highest BCUT2D eigenvalue weighted by Crippen LogP contribution is 2.26. The van der Waals surface area contributed by atoms with E-state index in [4.69, 9.17) is 5.11 Å². The molecule has 0 spiro atoms. The van der Waals surface area contributed by atoms with Gasteiger partial charge in [0.1, 0.15) is 11.2 Å². The normalized spacial score (nSPS) is 11.1. The number of carbonyl (C=O) groups excluding carboxylic acids is 1. The van der Waals surface area contributed by atoms with E-state index in [-0.39, 0.29) is 5.75 Å². The number of carboxylic acids is 1. The number of rotatable bonds is 4. The molecule has 2 N–H and O–H groups in total. The van der Waals surface area contributed by atoms with Crippen molar-refractivity contribution in [2.45, 2.75) is 20.8 Å². The van der Waals surface area contributed by atoms with E-state index < -0.39 is 17.3 Å². The molecule has 0 aliphatic heterocycles. The van der Waals surface area contributed by atoms with Crippen LogP contribution in [0.5, 0.6) is 5.75 Å². The molecule has 0 aromatic heterocycles. The van der Waals surface area contributed by atoms with Crippen molar-refractivity contribution in [1.29, 1.82) is 0 Å². The maximum absolute atomic E-state index is 12.2. The third kappa shape index (κ3) is 2.61. The third-order valence-corrected chi connectivity index (χ3v) is 2.77. The molecule has 0 atom stereocenters. The van der Waals surface area contributed by atoms with Crippen LogP contribution in [0.15, 0.2) is 24.3 Å². The van der Waals surface area contributed by atoms with Gasteiger partial charge in [0, 0.05) is 18.3 Å². The predicted octanol–water partition coefficient (Wildman–Crippen LogP) is 1.86. The number of amides is 1. The lowest BCUT2D eigenvalue weighted by Crippen LogP contribution is -2.45. The van der Waals surface area contributed by atoms with Crippen LogP contribution in [0.1, 0.15) is 20.8 Å². The van der Waals surface area contributed by atoms with E-state index in [9.17, 15) is 14.7 Å². The maximum atomic E-state index is 12.2. The van der Waals surface area contributed by atoms with Crippen LogP contribution in [-0.2, 0) is 9.59 Å². The van der Waals surface area contributed by atoms with Crippen molar-refractivity contribution in [1.82, 2.24) is 0 Å². The van der Waals surface area contributed by atoms with Crippen LogP contribution in [0.4, 0.5) is 5.69 Å². The highest BCUT2D eigenvalue weighted by Gasteiger charge is 2.39. The molecule has 98 valence electrons. The molecule has 0 fully saturated rings. The topological polar surface area (TPSA) is 77.8 Å². The molecule has 0 unspecified atom stereocenters. The SMILES string of the molecule is CCN(C(=O)C(C)(C)C(=O)O)c1cccc(O)c1. The van der Waals surface area contributed by atoms with Gasteiger partial charge in [-0.2, -0.15) is 0 Å². The standard InChI is InChI=1S/C13H17NO4/c1-4-14(9-6-5-7-10(15)8-9)11(16)13(2,3)12(17)18/h5-8,15H,4H2,1-3H3,(H,17,18). The van der Waals surface area contributed by atoms with Gasteiger partial charge in [-0.1, -0.05) is 6.07 Å². The van der Waals surface area contributed by atoms with E-state index in [1.807, 2.05) is 0 Å². The molecule has 0 saturated heterocycles. The number of hydrogen-bond donors (Lipinski definition) is 2. The fraction of sp³-hybridized carbons (Fsp3) is 0.385. The third-order valence-electron chi connectivity index (χ3n) is 2.77. The Bertz CT molecular complexity index is 468. The number of carbonyl (C=O) groups is 2. The van der Waals surface area contributed by atoms with Crippen LogP contribution in [0.2, 0.25) is 0 Å². The van der Waals surface area contributed by atoms with Gasteiger partial charge in [0.05, 0.1) is 0 Å². The predicted molar refractivity (Wildman–Crippen MR) is 67.6 cm³/mol. The van der Waals surface area contributed by atoms with E-state index in [0.717, 1.165) is 0 Å². The second kappa shape index (κ2) is 5.08. The minimum atomic E-state index is -1.50. The Morgan fingerprint density at radius 2 is 1.94 bits per heavy atom. The highest BCUT2D eigenvalue weighted by molar-refractivity contribution is 6.08. The van der Waals surface area contributed by atoms with Crippen LogP contribution in [0.3, 0.4) is 0 Å². The molecule has 1 amide bonds. The number of nitrogens with zero attached hydrogens (tertiary/aromatic N) is 1. The summed E-state index contributed by atoms with van der Waals surface area (Å²) >= 11 is 0. The van der Waals surface area contributed by atoms with E-state index in [1.54, 1.807) is 19.1 Å². The highest BCUT2D eigenvalue weighted by atomic mass is 16.4. The first kappa shape index (κ1) is 14.0. The molecule has 0 radical (unpaired) electrons. The van der Waals surface area contributed by atoms with Crippen molar-refractivity contribution in [2.75, 3.05) is 11.4 Å². The average molecular weight is 251 g/mol. The largest absolute Gasteiger partial charge is 0.508 e. The summed E-state index contributed by atoms with van der Waals surface area (Å²) in [7, 11) is 0. The van der Waals surface area contributed by atoms with Gasteiger partial charge in [-0.3, -0.25) is 9.59 Å². The molecule has 0 saturated carbocycles. The van der Waals surface area contributed by atoms with Crippen molar-refractivity contribution >= 4 is 17.6 Å². The first-order valence-electron chi connectivity index (χ1n) is 5.65. The molecule has 1 rings (SSSR count). The number of hydrogen-bond acceptors (Lipinski definition) is 3. The summed E-state index contributed by atoms with van der Waals surface area (Å²) < 4.78 is 0. The molecular weight excluding hydrogens is 234 g/mol. The lowest BCUT2D eigenvalue weighted by molar-refractivity contribution is -0.152. The smallest absolute Gasteiger partial charge is 0.318 e. The zero-order chi connectivity index (χ0) is 13.9. The number of phenolic OH excluding ortho intramolecular Hbond substituents is 1. The van der Waals surface area contributed by atoms with Crippen molar-refractivity contribution in [3.8, 4) is 5.75 Å². The van der Waals surface area contributed by atoms with Gasteiger partial charge in [0.25, 0.3) is 0 Å². The van der Waals surface area contributed by atoms with Gasteiger partial charge >= 0.3 is 5.97 Å². The number of aromatic hydroxyl groups is 1. The van der Waals surface area contributed by atoms with Gasteiger partial charge in [-0.15, -0.1) is 0 Å². The second-order valence-electron chi connectivity index (χ2n) is 4.50. The Labute approximate surface area is 106 Å². The fourth-order valence-corrected chi connectivity index (χ4v) is 1.53. The van der Waals surface area contributed by atoms with Gasteiger partial charge < -0.3 is 15.1 Å². The zero-order valence-corrected chi connectivity index (χ0v) is 10.7. The zero-order valence-electron chi connectivity index (χ0n) is 10.7. The monoisotopic (exact) mass is 251 g/mol. The summed E-state index contributed by atoms with van der Waals surface area (Å²) in [5.74, 6) is -1.65. The molecule has 0 aliphatic carbocycles. The van der Waals surface area contributed by atoms with Crippen molar-refractivity contribution in [3.05, 3.63) is 24.3 Å². The Morgan fingerprint density at radius 1 is 1.33 bits per heavy atom. The van der Waals surface area contributed by atoms with Gasteiger partial charge in [0.15, 0.2) is 0 Å². The van der Waals surface area contributed by atoms with E-state index >= 15 is 0 Å². The van der Waals surface area contributed by atoms with Crippen LogP contribution >= 0.6 is 0 Å². The first-order valence-corrected chi connectivity index (χ1v) is 5.65. The summed E-state index contributed by atoms with van der Waals surface area (Å²) in [5, 5.41) is 18.5. The lowest BCUT2D eigenvalue weighted by atomic mass is 9.91. The Kier molecular flexibility index (Phi) is 3.96. The Hall–Kier alpha value is -2.04. The summed E-state index contributed by atoms with van der Waals surface area (Å²) in [5.41, 5.74) is -1.02. The minimum absolute atomic E-state index is 0.0341. The summed E-state index contributed by atoms with van der Waals surface area (Å²) in [6.07, 6.45) is 0. The maximum Gasteiger partial charge on any atom is 0.318 e. The molecule has 0 heterocycles. The van der Waals surface area contributed by atoms with Crippen LogP contribution in [-0.4, -0.2) is 28.6 Å². The number of benzene rings is 1. The van der Waals surface area contributed by atoms with Crippen LogP contribution < -0.4 is 4.90 Å². The van der Waals surface area contributed by atoms with Gasteiger partial charge in [-0.05, 0) is 32.9 Å². The van der Waals surface area contributed by atoms with Crippen molar-refractivity contribution < 1.29 is 19.8 Å². The van der Waals surface area contributed by atoms with Crippen molar-refractivity contribution in [2.24, 2.45) is 5.41 Å².